The van der Waals surface area contributed by atoms with Crippen molar-refractivity contribution >= 4 is 11.9 Å². The number of carboxylic acids is 2. The van der Waals surface area contributed by atoms with Crippen LogP contribution in [0.15, 0.2) is 23.3 Å². The minimum Gasteiger partial charge on any atom is -0.478 e. The third-order valence-electron chi connectivity index (χ3n) is 10.6. The molecule has 0 saturated heterocycles. The molecule has 3 unspecified atom stereocenters. The molecule has 0 heterocycles. The fraction of sp³-hybridized carbons (Fsp3) is 0.786. The molecule has 6 saturated carbocycles. The number of rotatable bonds is 4. The standard InChI is InChI=1S/C14H20O2.C14H22O2/c1-9(13(15)16)5-14-6-10-2-11(7-14)4-12(3-10)8-14;1-9(12(15)16)7-11-8-10-5-6-14(11,4)13(10,2)3/h5,10-12H,2-4,6-8H2,1H3,(H,15,16);7,10-11H,5-6,8H2,1-4H3,(H,15,16). The predicted octanol–water partition coefficient (Wildman–Crippen LogP) is 6.71. The normalized spacial score (nSPS) is 43.7. The summed E-state index contributed by atoms with van der Waals surface area (Å²) in [5.41, 5.74) is 2.00. The second-order valence-corrected chi connectivity index (χ2v) is 12.8. The van der Waals surface area contributed by atoms with E-state index in [1.165, 1.54) is 57.8 Å². The van der Waals surface area contributed by atoms with Gasteiger partial charge < -0.3 is 10.2 Å². The van der Waals surface area contributed by atoms with Gasteiger partial charge in [0.15, 0.2) is 0 Å². The molecule has 6 aliphatic rings. The Morgan fingerprint density at radius 1 is 0.812 bits per heavy atom. The first kappa shape index (κ1) is 23.6. The second kappa shape index (κ2) is 8.02. The average molecular weight is 443 g/mol. The van der Waals surface area contributed by atoms with E-state index < -0.39 is 11.9 Å². The summed E-state index contributed by atoms with van der Waals surface area (Å²) in [6.07, 6.45) is 15.9. The Bertz CT molecular complexity index is 812. The third kappa shape index (κ3) is 3.96. The third-order valence-corrected chi connectivity index (χ3v) is 10.6. The number of fused-ring (bicyclic) bond motifs is 2. The van der Waals surface area contributed by atoms with Gasteiger partial charge in [0.1, 0.15) is 0 Å². The molecule has 2 N–H and O–H groups in total. The van der Waals surface area contributed by atoms with E-state index in [2.05, 4.69) is 26.8 Å². The first-order chi connectivity index (χ1) is 14.8. The summed E-state index contributed by atoms with van der Waals surface area (Å²) in [6.45, 7) is 10.5. The van der Waals surface area contributed by atoms with Gasteiger partial charge >= 0.3 is 11.9 Å². The summed E-state index contributed by atoms with van der Waals surface area (Å²) in [4.78, 5) is 21.8. The summed E-state index contributed by atoms with van der Waals surface area (Å²) >= 11 is 0. The summed E-state index contributed by atoms with van der Waals surface area (Å²) in [7, 11) is 0. The molecule has 0 aliphatic heterocycles. The lowest BCUT2D eigenvalue weighted by molar-refractivity contribution is -0.133. The van der Waals surface area contributed by atoms with Gasteiger partial charge in [-0.05, 0) is 117 Å². The van der Waals surface area contributed by atoms with Gasteiger partial charge in [0.2, 0.25) is 0 Å². The SMILES string of the molecule is CC(=CC12CC3CC(CC(C3)C1)C2)C(=O)O.CC(=CC1CC2CCC1(C)C2(C)C)C(=O)O. The van der Waals surface area contributed by atoms with E-state index in [4.69, 9.17) is 10.2 Å². The maximum absolute atomic E-state index is 11.0. The van der Waals surface area contributed by atoms with Gasteiger partial charge in [-0.1, -0.05) is 32.9 Å². The van der Waals surface area contributed by atoms with Gasteiger partial charge in [0.25, 0.3) is 0 Å². The van der Waals surface area contributed by atoms with Gasteiger partial charge in [-0.25, -0.2) is 9.59 Å². The first-order valence-corrected chi connectivity index (χ1v) is 12.7. The minimum absolute atomic E-state index is 0.261. The van der Waals surface area contributed by atoms with Gasteiger partial charge in [-0.3, -0.25) is 0 Å². The van der Waals surface area contributed by atoms with E-state index in [1.54, 1.807) is 13.8 Å². The van der Waals surface area contributed by atoms with Crippen LogP contribution in [-0.2, 0) is 9.59 Å². The highest BCUT2D eigenvalue weighted by molar-refractivity contribution is 5.86. The fourth-order valence-corrected chi connectivity index (χ4v) is 8.77. The zero-order chi connectivity index (χ0) is 23.5. The zero-order valence-corrected chi connectivity index (χ0v) is 20.6. The van der Waals surface area contributed by atoms with Crippen LogP contribution in [0.5, 0.6) is 0 Å². The van der Waals surface area contributed by atoms with Crippen molar-refractivity contribution in [3.63, 3.8) is 0 Å². The van der Waals surface area contributed by atoms with Crippen LogP contribution in [-0.4, -0.2) is 22.2 Å². The van der Waals surface area contributed by atoms with E-state index in [1.807, 2.05) is 6.08 Å². The van der Waals surface area contributed by atoms with E-state index in [0.29, 0.717) is 27.9 Å². The predicted molar refractivity (Wildman–Crippen MR) is 126 cm³/mol. The van der Waals surface area contributed by atoms with Gasteiger partial charge in [-0.15, -0.1) is 0 Å². The van der Waals surface area contributed by atoms with Gasteiger partial charge in [0.05, 0.1) is 0 Å². The molecule has 0 radical (unpaired) electrons. The van der Waals surface area contributed by atoms with Gasteiger partial charge in [-0.2, -0.15) is 0 Å². The summed E-state index contributed by atoms with van der Waals surface area (Å²) < 4.78 is 0. The fourth-order valence-electron chi connectivity index (χ4n) is 8.77. The lowest BCUT2D eigenvalue weighted by Gasteiger charge is -2.56. The lowest BCUT2D eigenvalue weighted by atomic mass is 9.49. The lowest BCUT2D eigenvalue weighted by Crippen LogP contribution is -2.45. The van der Waals surface area contributed by atoms with Crippen molar-refractivity contribution in [2.75, 3.05) is 0 Å². The maximum Gasteiger partial charge on any atom is 0.330 e. The first-order valence-electron chi connectivity index (χ1n) is 12.7. The smallest absolute Gasteiger partial charge is 0.330 e. The highest BCUT2D eigenvalue weighted by Crippen LogP contribution is 2.68. The van der Waals surface area contributed by atoms with Crippen molar-refractivity contribution in [2.45, 2.75) is 92.4 Å². The van der Waals surface area contributed by atoms with Crippen LogP contribution in [0.4, 0.5) is 0 Å². The van der Waals surface area contributed by atoms with Crippen molar-refractivity contribution in [1.82, 2.24) is 0 Å². The number of aliphatic carboxylic acids is 2. The van der Waals surface area contributed by atoms with Crippen LogP contribution in [0.1, 0.15) is 92.4 Å². The molecule has 4 nitrogen and oxygen atoms in total. The highest BCUT2D eigenvalue weighted by Gasteiger charge is 2.60. The van der Waals surface area contributed by atoms with Crippen molar-refractivity contribution in [1.29, 1.82) is 0 Å². The Kier molecular flexibility index (Phi) is 5.91. The molecule has 6 aliphatic carbocycles. The number of carboxylic acid groups (broad SMARTS) is 2. The number of hydrogen-bond donors (Lipinski definition) is 2. The summed E-state index contributed by atoms with van der Waals surface area (Å²) in [5, 5.41) is 18.0. The van der Waals surface area contributed by atoms with Crippen molar-refractivity contribution in [3.05, 3.63) is 23.3 Å². The van der Waals surface area contributed by atoms with Crippen LogP contribution in [0, 0.1) is 45.8 Å². The molecular weight excluding hydrogens is 400 g/mol. The monoisotopic (exact) mass is 442 g/mol. The van der Waals surface area contributed by atoms with E-state index >= 15 is 0 Å². The zero-order valence-electron chi connectivity index (χ0n) is 20.6. The Labute approximate surface area is 193 Å². The van der Waals surface area contributed by atoms with Crippen LogP contribution >= 0.6 is 0 Å². The molecule has 6 fully saturated rings. The number of allylic oxidation sites excluding steroid dienone is 2. The molecule has 0 aromatic heterocycles. The molecule has 6 rings (SSSR count). The molecule has 0 aromatic carbocycles. The Balaban J connectivity index is 0.000000153. The quantitative estimate of drug-likeness (QED) is 0.474. The second-order valence-electron chi connectivity index (χ2n) is 12.8. The van der Waals surface area contributed by atoms with Crippen molar-refractivity contribution < 1.29 is 19.8 Å². The summed E-state index contributed by atoms with van der Waals surface area (Å²) in [6, 6.07) is 0. The van der Waals surface area contributed by atoms with Crippen molar-refractivity contribution in [3.8, 4) is 0 Å². The van der Waals surface area contributed by atoms with E-state index in [9.17, 15) is 9.59 Å². The molecule has 0 aromatic rings. The molecule has 0 amide bonds. The summed E-state index contributed by atoms with van der Waals surface area (Å²) in [5.74, 6) is 2.40. The van der Waals surface area contributed by atoms with E-state index in [0.717, 1.165) is 23.7 Å². The average Bonchev–Trinajstić information content (AvgIpc) is 3.00. The molecule has 178 valence electrons. The largest absolute Gasteiger partial charge is 0.478 e. The minimum atomic E-state index is -0.774. The molecule has 6 bridgehead atoms. The molecule has 32 heavy (non-hydrogen) atoms. The number of carbonyl (C=O) groups is 2. The topological polar surface area (TPSA) is 74.6 Å². The Morgan fingerprint density at radius 3 is 1.69 bits per heavy atom. The van der Waals surface area contributed by atoms with Crippen LogP contribution in [0.25, 0.3) is 0 Å². The molecular formula is C28H42O4. The Hall–Kier alpha value is -1.58. The Morgan fingerprint density at radius 2 is 1.31 bits per heavy atom. The van der Waals surface area contributed by atoms with Gasteiger partial charge in [0, 0.05) is 11.1 Å². The van der Waals surface area contributed by atoms with E-state index in [-0.39, 0.29) is 5.41 Å². The van der Waals surface area contributed by atoms with Crippen LogP contribution in [0.3, 0.4) is 0 Å². The maximum atomic E-state index is 11.0. The molecule has 3 atom stereocenters. The van der Waals surface area contributed by atoms with Crippen LogP contribution < -0.4 is 0 Å². The number of hydrogen-bond acceptors (Lipinski definition) is 2. The van der Waals surface area contributed by atoms with Crippen molar-refractivity contribution in [2.24, 2.45) is 45.8 Å². The molecule has 0 spiro atoms. The highest BCUT2D eigenvalue weighted by atomic mass is 16.4. The molecule has 4 heteroatoms. The van der Waals surface area contributed by atoms with Crippen LogP contribution in [0.2, 0.25) is 0 Å².